The zero-order chi connectivity index (χ0) is 14.5. The van der Waals surface area contributed by atoms with E-state index in [1.165, 1.54) is 12.1 Å². The SMILES string of the molecule is CN(C)C1(c2cccc(F)c2)CC2(C1)NC(=O)NC2=O. The van der Waals surface area contributed by atoms with Gasteiger partial charge in [0.1, 0.15) is 11.4 Å². The fourth-order valence-electron chi connectivity index (χ4n) is 3.28. The van der Waals surface area contributed by atoms with Crippen LogP contribution in [0, 0.1) is 5.82 Å². The number of urea groups is 1. The third-order valence-electron chi connectivity index (χ3n) is 4.42. The van der Waals surface area contributed by atoms with Crippen LogP contribution in [0.25, 0.3) is 0 Å². The Morgan fingerprint density at radius 1 is 1.25 bits per heavy atom. The summed E-state index contributed by atoms with van der Waals surface area (Å²) in [5.74, 6) is -0.596. The fourth-order valence-corrected chi connectivity index (χ4v) is 3.28. The first-order valence-corrected chi connectivity index (χ1v) is 6.45. The van der Waals surface area contributed by atoms with Crippen LogP contribution in [-0.2, 0) is 10.3 Å². The molecule has 0 aromatic heterocycles. The minimum Gasteiger partial charge on any atom is -0.323 e. The number of nitrogens with zero attached hydrogens (tertiary/aromatic N) is 1. The summed E-state index contributed by atoms with van der Waals surface area (Å²) in [5.41, 5.74) is -0.466. The van der Waals surface area contributed by atoms with Crippen molar-refractivity contribution < 1.29 is 14.0 Å². The van der Waals surface area contributed by atoms with E-state index in [1.54, 1.807) is 6.07 Å². The highest BCUT2D eigenvalue weighted by Crippen LogP contribution is 2.52. The van der Waals surface area contributed by atoms with Crippen molar-refractivity contribution in [1.29, 1.82) is 0 Å². The minimum atomic E-state index is -0.854. The Morgan fingerprint density at radius 2 is 1.95 bits per heavy atom. The number of carbonyl (C=O) groups excluding carboxylic acids is 2. The molecule has 1 saturated carbocycles. The highest BCUT2D eigenvalue weighted by molar-refractivity contribution is 6.08. The van der Waals surface area contributed by atoms with Gasteiger partial charge in [-0.3, -0.25) is 15.0 Å². The molecule has 1 spiro atoms. The largest absolute Gasteiger partial charge is 0.323 e. The van der Waals surface area contributed by atoms with Crippen LogP contribution in [0.2, 0.25) is 0 Å². The standard InChI is InChI=1S/C14H16FN3O2/c1-18(2)14(9-4-3-5-10(15)6-9)7-13(8-14)11(19)16-12(20)17-13/h3-6H,7-8H2,1-2H3,(H2,16,17,19,20). The highest BCUT2D eigenvalue weighted by atomic mass is 19.1. The van der Waals surface area contributed by atoms with Gasteiger partial charge in [0.25, 0.3) is 5.91 Å². The van der Waals surface area contributed by atoms with Crippen LogP contribution in [-0.4, -0.2) is 36.5 Å². The molecule has 2 N–H and O–H groups in total. The first-order valence-electron chi connectivity index (χ1n) is 6.45. The summed E-state index contributed by atoms with van der Waals surface area (Å²) < 4.78 is 13.5. The van der Waals surface area contributed by atoms with Gasteiger partial charge in [-0.15, -0.1) is 0 Å². The van der Waals surface area contributed by atoms with Crippen LogP contribution >= 0.6 is 0 Å². The number of amides is 3. The van der Waals surface area contributed by atoms with E-state index in [0.29, 0.717) is 12.8 Å². The minimum absolute atomic E-state index is 0.295. The molecule has 5 nitrogen and oxygen atoms in total. The Bertz CT molecular complexity index is 594. The van der Waals surface area contributed by atoms with E-state index in [0.717, 1.165) is 5.56 Å². The molecular formula is C14H16FN3O2. The number of benzene rings is 1. The third-order valence-corrected chi connectivity index (χ3v) is 4.42. The molecule has 20 heavy (non-hydrogen) atoms. The lowest BCUT2D eigenvalue weighted by Crippen LogP contribution is -2.68. The molecule has 0 bridgehead atoms. The van der Waals surface area contributed by atoms with Gasteiger partial charge in [0.15, 0.2) is 0 Å². The van der Waals surface area contributed by atoms with Crippen molar-refractivity contribution >= 4 is 11.9 Å². The molecule has 0 radical (unpaired) electrons. The second kappa shape index (κ2) is 4.02. The molecule has 2 fully saturated rings. The van der Waals surface area contributed by atoms with Crippen LogP contribution < -0.4 is 10.6 Å². The molecule has 3 amide bonds. The average Bonchev–Trinajstić information content (AvgIpc) is 2.61. The molecule has 1 aliphatic heterocycles. The van der Waals surface area contributed by atoms with E-state index in [1.807, 2.05) is 25.1 Å². The Kier molecular flexibility index (Phi) is 2.62. The smallest absolute Gasteiger partial charge is 0.322 e. The van der Waals surface area contributed by atoms with Gasteiger partial charge in [0.05, 0.1) is 5.54 Å². The van der Waals surface area contributed by atoms with Gasteiger partial charge in [-0.2, -0.15) is 0 Å². The van der Waals surface area contributed by atoms with E-state index in [4.69, 9.17) is 0 Å². The van der Waals surface area contributed by atoms with Crippen molar-refractivity contribution in [1.82, 2.24) is 15.5 Å². The topological polar surface area (TPSA) is 61.4 Å². The summed E-state index contributed by atoms with van der Waals surface area (Å²) in [4.78, 5) is 25.2. The van der Waals surface area contributed by atoms with Crippen LogP contribution in [0.5, 0.6) is 0 Å². The summed E-state index contributed by atoms with van der Waals surface area (Å²) in [7, 11) is 3.79. The summed E-state index contributed by atoms with van der Waals surface area (Å²) in [6.07, 6.45) is 0.877. The van der Waals surface area contributed by atoms with Gasteiger partial charge < -0.3 is 5.32 Å². The van der Waals surface area contributed by atoms with Crippen LogP contribution in [0.3, 0.4) is 0 Å². The number of nitrogens with one attached hydrogen (secondary N) is 2. The average molecular weight is 277 g/mol. The first-order chi connectivity index (χ1) is 9.38. The summed E-state index contributed by atoms with van der Waals surface area (Å²) in [6, 6.07) is 5.94. The predicted molar refractivity (Wildman–Crippen MR) is 70.4 cm³/mol. The number of imide groups is 1. The van der Waals surface area contributed by atoms with Gasteiger partial charge in [-0.25, -0.2) is 9.18 Å². The van der Waals surface area contributed by atoms with Crippen LogP contribution in [0.4, 0.5) is 9.18 Å². The molecule has 6 heteroatoms. The van der Waals surface area contributed by atoms with Crippen molar-refractivity contribution in [2.24, 2.45) is 0 Å². The molecule has 106 valence electrons. The lowest BCUT2D eigenvalue weighted by molar-refractivity contribution is -0.134. The molecule has 1 saturated heterocycles. The Morgan fingerprint density at radius 3 is 2.45 bits per heavy atom. The number of hydrogen-bond donors (Lipinski definition) is 2. The summed E-state index contributed by atoms with van der Waals surface area (Å²) in [5, 5.41) is 4.96. The van der Waals surface area contributed by atoms with Crippen LogP contribution in [0.15, 0.2) is 24.3 Å². The quantitative estimate of drug-likeness (QED) is 0.791. The fraction of sp³-hybridized carbons (Fsp3) is 0.429. The van der Waals surface area contributed by atoms with E-state index in [-0.39, 0.29) is 11.7 Å². The monoisotopic (exact) mass is 277 g/mol. The molecule has 1 aromatic carbocycles. The number of carbonyl (C=O) groups is 2. The van der Waals surface area contributed by atoms with Crippen molar-refractivity contribution in [2.75, 3.05) is 14.1 Å². The maximum absolute atomic E-state index is 13.5. The molecular weight excluding hydrogens is 261 g/mol. The van der Waals surface area contributed by atoms with Gasteiger partial charge in [-0.1, -0.05) is 12.1 Å². The number of rotatable bonds is 2. The van der Waals surface area contributed by atoms with Crippen molar-refractivity contribution in [3.8, 4) is 0 Å². The van der Waals surface area contributed by atoms with Crippen molar-refractivity contribution in [3.63, 3.8) is 0 Å². The normalized spacial score (nSPS) is 32.2. The maximum Gasteiger partial charge on any atom is 0.322 e. The van der Waals surface area contributed by atoms with E-state index in [9.17, 15) is 14.0 Å². The van der Waals surface area contributed by atoms with Crippen LogP contribution in [0.1, 0.15) is 18.4 Å². The lowest BCUT2D eigenvalue weighted by Gasteiger charge is -2.56. The lowest BCUT2D eigenvalue weighted by atomic mass is 9.59. The van der Waals surface area contributed by atoms with Gasteiger partial charge in [0, 0.05) is 12.8 Å². The first kappa shape index (κ1) is 13.1. The van der Waals surface area contributed by atoms with E-state index < -0.39 is 17.1 Å². The maximum atomic E-state index is 13.5. The van der Waals surface area contributed by atoms with E-state index >= 15 is 0 Å². The molecule has 0 unspecified atom stereocenters. The Balaban J connectivity index is 1.95. The predicted octanol–water partition coefficient (Wildman–Crippen LogP) is 0.955. The molecule has 0 atom stereocenters. The van der Waals surface area contributed by atoms with E-state index in [2.05, 4.69) is 10.6 Å². The van der Waals surface area contributed by atoms with Crippen molar-refractivity contribution in [3.05, 3.63) is 35.6 Å². The molecule has 1 aromatic rings. The van der Waals surface area contributed by atoms with Gasteiger partial charge in [-0.05, 0) is 31.8 Å². The highest BCUT2D eigenvalue weighted by Gasteiger charge is 2.64. The molecule has 3 rings (SSSR count). The Hall–Kier alpha value is -1.95. The third kappa shape index (κ3) is 1.64. The molecule has 1 heterocycles. The second-order valence-corrected chi connectivity index (χ2v) is 5.78. The zero-order valence-electron chi connectivity index (χ0n) is 11.4. The number of halogens is 1. The van der Waals surface area contributed by atoms with Crippen molar-refractivity contribution in [2.45, 2.75) is 23.9 Å². The summed E-state index contributed by atoms with van der Waals surface area (Å²) >= 11 is 0. The van der Waals surface area contributed by atoms with Gasteiger partial charge >= 0.3 is 6.03 Å². The summed E-state index contributed by atoms with van der Waals surface area (Å²) in [6.45, 7) is 0. The second-order valence-electron chi connectivity index (χ2n) is 5.78. The zero-order valence-corrected chi connectivity index (χ0v) is 11.4. The van der Waals surface area contributed by atoms with Gasteiger partial charge in [0.2, 0.25) is 0 Å². The number of hydrogen-bond acceptors (Lipinski definition) is 3. The Labute approximate surface area is 116 Å². The molecule has 2 aliphatic rings. The molecule has 1 aliphatic carbocycles.